The summed E-state index contributed by atoms with van der Waals surface area (Å²) in [5.74, 6) is -0.332. The van der Waals surface area contributed by atoms with Crippen molar-refractivity contribution in [2.75, 3.05) is 0 Å². The molecule has 0 aliphatic carbocycles. The van der Waals surface area contributed by atoms with Gasteiger partial charge in [-0.15, -0.1) is 13.2 Å². The van der Waals surface area contributed by atoms with Crippen LogP contribution in [0.15, 0.2) is 57.8 Å². The molecule has 0 amide bonds. The molecule has 1 heterocycles. The number of tetrazole rings is 1. The van der Waals surface area contributed by atoms with Crippen molar-refractivity contribution in [3.63, 3.8) is 0 Å². The topological polar surface area (TPSA) is 61.9 Å². The number of hydrogen-bond donors (Lipinski definition) is 0. The molecule has 6 nitrogen and oxygen atoms in total. The normalized spacial score (nSPS) is 11.5. The molecule has 2 aromatic carbocycles. The summed E-state index contributed by atoms with van der Waals surface area (Å²) in [7, 11) is 0. The Morgan fingerprint density at radius 1 is 1.08 bits per heavy atom. The second-order valence-corrected chi connectivity index (χ2v) is 5.92. The summed E-state index contributed by atoms with van der Waals surface area (Å²) in [6.07, 6.45) is -4.74. The quantitative estimate of drug-likeness (QED) is 0.657. The van der Waals surface area contributed by atoms with E-state index >= 15 is 0 Å². The minimum absolute atomic E-state index is 0.0686. The summed E-state index contributed by atoms with van der Waals surface area (Å²) in [6.45, 7) is 0.0686. The molecule has 3 rings (SSSR count). The second kappa shape index (κ2) is 6.71. The van der Waals surface area contributed by atoms with Gasteiger partial charge in [-0.05, 0) is 46.3 Å². The lowest BCUT2D eigenvalue weighted by atomic mass is 10.2. The predicted octanol–water partition coefficient (Wildman–Crippen LogP) is 3.14. The Hall–Kier alpha value is -2.62. The fraction of sp³-hybridized carbons (Fsp3) is 0.133. The minimum atomic E-state index is -4.74. The second-order valence-electron chi connectivity index (χ2n) is 5.00. The summed E-state index contributed by atoms with van der Waals surface area (Å²) in [6, 6.07) is 12.2. The average molecular weight is 415 g/mol. The van der Waals surface area contributed by atoms with Crippen molar-refractivity contribution < 1.29 is 17.9 Å². The van der Waals surface area contributed by atoms with E-state index in [1.54, 1.807) is 18.2 Å². The number of aromatic nitrogens is 4. The maximum Gasteiger partial charge on any atom is 0.573 e. The Morgan fingerprint density at radius 3 is 2.44 bits per heavy atom. The van der Waals surface area contributed by atoms with E-state index in [4.69, 9.17) is 0 Å². The van der Waals surface area contributed by atoms with E-state index in [0.717, 1.165) is 13.8 Å². The Bertz CT molecular complexity index is 935. The van der Waals surface area contributed by atoms with Crippen LogP contribution in [0.2, 0.25) is 0 Å². The Balaban J connectivity index is 1.79. The van der Waals surface area contributed by atoms with Gasteiger partial charge in [0.1, 0.15) is 5.75 Å². The number of ether oxygens (including phenoxy) is 1. The predicted molar refractivity (Wildman–Crippen MR) is 85.5 cm³/mol. The summed E-state index contributed by atoms with van der Waals surface area (Å²) in [5.41, 5.74) is 0.659. The van der Waals surface area contributed by atoms with Crippen LogP contribution in [0.5, 0.6) is 5.75 Å². The molecule has 0 saturated carbocycles. The van der Waals surface area contributed by atoms with Crippen LogP contribution in [0.25, 0.3) is 5.69 Å². The van der Waals surface area contributed by atoms with Crippen LogP contribution in [0.3, 0.4) is 0 Å². The number of halogens is 4. The third kappa shape index (κ3) is 4.27. The van der Waals surface area contributed by atoms with Gasteiger partial charge in [-0.2, -0.15) is 9.36 Å². The maximum absolute atomic E-state index is 12.4. The molecule has 1 aromatic heterocycles. The van der Waals surface area contributed by atoms with Crippen LogP contribution in [0.4, 0.5) is 13.2 Å². The highest BCUT2D eigenvalue weighted by molar-refractivity contribution is 9.10. The van der Waals surface area contributed by atoms with E-state index in [1.165, 1.54) is 24.3 Å². The molecular formula is C15H10BrF3N4O2. The summed E-state index contributed by atoms with van der Waals surface area (Å²) < 4.78 is 43.3. The zero-order valence-corrected chi connectivity index (χ0v) is 14.0. The minimum Gasteiger partial charge on any atom is -0.406 e. The largest absolute Gasteiger partial charge is 0.573 e. The Labute approximate surface area is 147 Å². The lowest BCUT2D eigenvalue weighted by Crippen LogP contribution is -2.24. The van der Waals surface area contributed by atoms with E-state index in [1.807, 2.05) is 6.07 Å². The van der Waals surface area contributed by atoms with Crippen molar-refractivity contribution >= 4 is 15.9 Å². The monoisotopic (exact) mass is 414 g/mol. The molecule has 25 heavy (non-hydrogen) atoms. The van der Waals surface area contributed by atoms with Gasteiger partial charge >= 0.3 is 12.1 Å². The van der Waals surface area contributed by atoms with Gasteiger partial charge < -0.3 is 4.74 Å². The van der Waals surface area contributed by atoms with Gasteiger partial charge in [-0.3, -0.25) is 0 Å². The number of benzene rings is 2. The zero-order chi connectivity index (χ0) is 18.0. The third-order valence-electron chi connectivity index (χ3n) is 3.18. The number of alkyl halides is 3. The number of hydrogen-bond acceptors (Lipinski definition) is 4. The van der Waals surface area contributed by atoms with Crippen molar-refractivity contribution in [2.45, 2.75) is 12.9 Å². The van der Waals surface area contributed by atoms with Gasteiger partial charge in [-0.1, -0.05) is 34.1 Å². The lowest BCUT2D eigenvalue weighted by Gasteiger charge is -2.09. The zero-order valence-electron chi connectivity index (χ0n) is 12.4. The van der Waals surface area contributed by atoms with Crippen LogP contribution in [0.1, 0.15) is 5.56 Å². The molecule has 3 aromatic rings. The van der Waals surface area contributed by atoms with Crippen molar-refractivity contribution in [2.24, 2.45) is 0 Å². The molecule has 0 bridgehead atoms. The van der Waals surface area contributed by atoms with E-state index in [9.17, 15) is 18.0 Å². The van der Waals surface area contributed by atoms with Crippen molar-refractivity contribution in [3.8, 4) is 11.4 Å². The fourth-order valence-corrected chi connectivity index (χ4v) is 2.50. The standard InChI is InChI=1S/C15H10BrF3N4O2/c16-11-2-1-3-12(8-11)23-14(24)22(20-21-23)9-10-4-6-13(7-5-10)25-15(17,18)19/h1-8H,9H2. The molecule has 130 valence electrons. The van der Waals surface area contributed by atoms with Crippen LogP contribution < -0.4 is 10.4 Å². The Kier molecular flexibility index (Phi) is 4.62. The van der Waals surface area contributed by atoms with Crippen molar-refractivity contribution in [3.05, 3.63) is 69.1 Å². The van der Waals surface area contributed by atoms with Crippen LogP contribution in [-0.4, -0.2) is 26.2 Å². The van der Waals surface area contributed by atoms with Crippen molar-refractivity contribution in [1.82, 2.24) is 19.8 Å². The van der Waals surface area contributed by atoms with E-state index in [2.05, 4.69) is 31.1 Å². The molecule has 0 saturated heterocycles. The molecule has 0 fully saturated rings. The molecule has 0 aliphatic heterocycles. The van der Waals surface area contributed by atoms with Crippen LogP contribution in [-0.2, 0) is 6.54 Å². The van der Waals surface area contributed by atoms with Gasteiger partial charge in [0.15, 0.2) is 0 Å². The summed E-state index contributed by atoms with van der Waals surface area (Å²) in [5, 5.41) is 7.60. The molecule has 0 spiro atoms. The first-order valence-electron chi connectivity index (χ1n) is 6.95. The van der Waals surface area contributed by atoms with Gasteiger partial charge in [0.05, 0.1) is 12.2 Å². The number of nitrogens with zero attached hydrogens (tertiary/aromatic N) is 4. The molecule has 0 unspecified atom stereocenters. The highest BCUT2D eigenvalue weighted by Gasteiger charge is 2.30. The summed E-state index contributed by atoms with van der Waals surface area (Å²) >= 11 is 3.31. The Morgan fingerprint density at radius 2 is 1.80 bits per heavy atom. The molecule has 10 heteroatoms. The third-order valence-corrected chi connectivity index (χ3v) is 3.67. The average Bonchev–Trinajstić information content (AvgIpc) is 2.89. The molecule has 0 atom stereocenters. The van der Waals surface area contributed by atoms with Gasteiger partial charge in [-0.25, -0.2) is 4.79 Å². The van der Waals surface area contributed by atoms with Gasteiger partial charge in [0, 0.05) is 4.47 Å². The smallest absolute Gasteiger partial charge is 0.406 e. The SMILES string of the molecule is O=c1n(Cc2ccc(OC(F)(F)F)cc2)nnn1-c1cccc(Br)c1. The van der Waals surface area contributed by atoms with E-state index in [-0.39, 0.29) is 12.3 Å². The first-order valence-corrected chi connectivity index (χ1v) is 7.74. The number of rotatable bonds is 4. The molecule has 0 radical (unpaired) electrons. The van der Waals surface area contributed by atoms with E-state index in [0.29, 0.717) is 11.3 Å². The molecular weight excluding hydrogens is 405 g/mol. The first-order chi connectivity index (χ1) is 11.8. The molecule has 0 aliphatic rings. The highest BCUT2D eigenvalue weighted by atomic mass is 79.9. The van der Waals surface area contributed by atoms with Gasteiger partial charge in [0.2, 0.25) is 0 Å². The van der Waals surface area contributed by atoms with Crippen LogP contribution in [0, 0.1) is 0 Å². The lowest BCUT2D eigenvalue weighted by molar-refractivity contribution is -0.274. The maximum atomic E-state index is 12.4. The summed E-state index contributed by atoms with van der Waals surface area (Å²) in [4.78, 5) is 12.4. The molecule has 0 N–H and O–H groups in total. The fourth-order valence-electron chi connectivity index (χ4n) is 2.11. The van der Waals surface area contributed by atoms with Gasteiger partial charge in [0.25, 0.3) is 0 Å². The van der Waals surface area contributed by atoms with Crippen LogP contribution >= 0.6 is 15.9 Å². The van der Waals surface area contributed by atoms with Crippen molar-refractivity contribution in [1.29, 1.82) is 0 Å². The van der Waals surface area contributed by atoms with E-state index < -0.39 is 12.1 Å². The first kappa shape index (κ1) is 17.2. The highest BCUT2D eigenvalue weighted by Crippen LogP contribution is 2.22.